The molecule has 0 saturated heterocycles. The molecule has 2 aliphatic carbocycles. The molecule has 1 spiro atoms. The van der Waals surface area contributed by atoms with E-state index in [-0.39, 0.29) is 23.4 Å². The maximum Gasteiger partial charge on any atom is 0.407 e. The van der Waals surface area contributed by atoms with Crippen molar-refractivity contribution in [2.75, 3.05) is 0 Å². The smallest absolute Gasteiger partial charge is 0.407 e. The molecule has 4 nitrogen and oxygen atoms in total. The highest BCUT2D eigenvalue weighted by atomic mass is 19.1. The quantitative estimate of drug-likeness (QED) is 0.722. The standard InChI is InChI=1S/C23H29FN2O2/c1-22(2,3)28-21(27)26-20-8-12-23(20)10-6-15(7-11-23)17-9-13-25-19-5-4-16(24)14-18(17)19/h4-5,9,13-15,20H,6-8,10-12H2,1-3H3,(H,26,27)/t15-,20-,23+/m0/s1. The van der Waals surface area contributed by atoms with Crippen molar-refractivity contribution in [1.82, 2.24) is 10.3 Å². The SMILES string of the molecule is CC(C)(C)OC(=O)N[C@H]1CC[C@]12CC[C@H](c1ccnc3ccc(F)cc31)CC2. The summed E-state index contributed by atoms with van der Waals surface area (Å²) in [7, 11) is 0. The summed E-state index contributed by atoms with van der Waals surface area (Å²) in [4.78, 5) is 16.6. The predicted octanol–water partition coefficient (Wildman–Crippen LogP) is 5.71. The molecular weight excluding hydrogens is 355 g/mol. The van der Waals surface area contributed by atoms with Gasteiger partial charge in [0, 0.05) is 17.6 Å². The number of hydrogen-bond donors (Lipinski definition) is 1. The fraction of sp³-hybridized carbons (Fsp3) is 0.565. The summed E-state index contributed by atoms with van der Waals surface area (Å²) in [6, 6.07) is 7.08. The van der Waals surface area contributed by atoms with Gasteiger partial charge < -0.3 is 10.1 Å². The molecule has 2 fully saturated rings. The molecule has 0 bridgehead atoms. The van der Waals surface area contributed by atoms with Crippen LogP contribution in [0.5, 0.6) is 0 Å². The lowest BCUT2D eigenvalue weighted by Crippen LogP contribution is -2.57. The molecule has 5 heteroatoms. The van der Waals surface area contributed by atoms with Gasteiger partial charge in [0.15, 0.2) is 0 Å². The summed E-state index contributed by atoms with van der Waals surface area (Å²) in [5.41, 5.74) is 1.78. The van der Waals surface area contributed by atoms with E-state index in [4.69, 9.17) is 4.74 Å². The number of hydrogen-bond acceptors (Lipinski definition) is 3. The first-order valence-corrected chi connectivity index (χ1v) is 10.3. The number of fused-ring (bicyclic) bond motifs is 1. The van der Waals surface area contributed by atoms with Gasteiger partial charge in [0.1, 0.15) is 11.4 Å². The van der Waals surface area contributed by atoms with Gasteiger partial charge in [-0.05, 0) is 100 Å². The summed E-state index contributed by atoms with van der Waals surface area (Å²) < 4.78 is 19.2. The Hall–Kier alpha value is -2.17. The molecule has 1 atom stereocenters. The molecule has 0 radical (unpaired) electrons. The molecule has 2 aromatic rings. The Kier molecular flexibility index (Phi) is 4.80. The number of carbonyl (C=O) groups excluding carboxylic acids is 1. The van der Waals surface area contributed by atoms with Crippen LogP contribution in [0.4, 0.5) is 9.18 Å². The maximum atomic E-state index is 13.8. The van der Waals surface area contributed by atoms with Gasteiger partial charge in [-0.3, -0.25) is 4.98 Å². The van der Waals surface area contributed by atoms with Crippen LogP contribution < -0.4 is 5.32 Å². The van der Waals surface area contributed by atoms with E-state index in [9.17, 15) is 9.18 Å². The number of nitrogens with one attached hydrogen (secondary N) is 1. The number of amides is 1. The second kappa shape index (κ2) is 7.02. The molecule has 150 valence electrons. The average molecular weight is 384 g/mol. The Bertz CT molecular complexity index is 882. The third-order valence-corrected chi connectivity index (χ3v) is 6.52. The van der Waals surface area contributed by atoms with Crippen molar-refractivity contribution in [3.63, 3.8) is 0 Å². The minimum Gasteiger partial charge on any atom is -0.444 e. The fourth-order valence-corrected chi connectivity index (χ4v) is 4.97. The van der Waals surface area contributed by atoms with Crippen molar-refractivity contribution in [3.05, 3.63) is 41.8 Å². The topological polar surface area (TPSA) is 51.2 Å². The number of benzene rings is 1. The molecule has 0 unspecified atom stereocenters. The third kappa shape index (κ3) is 3.71. The lowest BCUT2D eigenvalue weighted by atomic mass is 9.55. The van der Waals surface area contributed by atoms with E-state index in [0.29, 0.717) is 5.92 Å². The highest BCUT2D eigenvalue weighted by Crippen LogP contribution is 2.55. The minimum atomic E-state index is -0.476. The molecule has 0 aliphatic heterocycles. The number of carbonyl (C=O) groups is 1. The van der Waals surface area contributed by atoms with E-state index >= 15 is 0 Å². The lowest BCUT2D eigenvalue weighted by Gasteiger charge is -2.53. The van der Waals surface area contributed by atoms with Crippen molar-refractivity contribution in [1.29, 1.82) is 0 Å². The van der Waals surface area contributed by atoms with E-state index in [1.807, 2.05) is 33.0 Å². The highest BCUT2D eigenvalue weighted by Gasteiger charge is 2.49. The van der Waals surface area contributed by atoms with Gasteiger partial charge in [-0.15, -0.1) is 0 Å². The van der Waals surface area contributed by atoms with E-state index in [1.165, 1.54) is 11.6 Å². The Balaban J connectivity index is 1.44. The largest absolute Gasteiger partial charge is 0.444 e. The minimum absolute atomic E-state index is 0.196. The number of aromatic nitrogens is 1. The first kappa shape index (κ1) is 19.2. The third-order valence-electron chi connectivity index (χ3n) is 6.52. The van der Waals surface area contributed by atoms with Crippen LogP contribution in [0.2, 0.25) is 0 Å². The average Bonchev–Trinajstić information content (AvgIpc) is 2.63. The molecular formula is C23H29FN2O2. The molecule has 1 aromatic carbocycles. The number of nitrogens with zero attached hydrogens (tertiary/aromatic N) is 1. The molecule has 1 N–H and O–H groups in total. The van der Waals surface area contributed by atoms with Gasteiger partial charge in [-0.25, -0.2) is 9.18 Å². The van der Waals surface area contributed by atoms with Crippen molar-refractivity contribution in [2.45, 2.75) is 76.9 Å². The second-order valence-corrected chi connectivity index (χ2v) is 9.44. The van der Waals surface area contributed by atoms with Crippen molar-refractivity contribution >= 4 is 17.0 Å². The molecule has 1 aromatic heterocycles. The summed E-state index contributed by atoms with van der Waals surface area (Å²) >= 11 is 0. The zero-order valence-electron chi connectivity index (χ0n) is 16.9. The number of ether oxygens (including phenoxy) is 1. The van der Waals surface area contributed by atoms with E-state index in [1.54, 1.807) is 12.1 Å². The van der Waals surface area contributed by atoms with E-state index in [2.05, 4.69) is 10.3 Å². The Morgan fingerprint density at radius 2 is 1.89 bits per heavy atom. The number of halogens is 1. The first-order chi connectivity index (χ1) is 13.3. The fourth-order valence-electron chi connectivity index (χ4n) is 4.97. The van der Waals surface area contributed by atoms with E-state index in [0.717, 1.165) is 49.4 Å². The van der Waals surface area contributed by atoms with Crippen LogP contribution in [-0.4, -0.2) is 22.7 Å². The zero-order chi connectivity index (χ0) is 19.9. The number of alkyl carbamates (subject to hydrolysis) is 1. The predicted molar refractivity (Wildman–Crippen MR) is 108 cm³/mol. The van der Waals surface area contributed by atoms with Gasteiger partial charge in [0.05, 0.1) is 5.52 Å². The zero-order valence-corrected chi connectivity index (χ0v) is 16.9. The van der Waals surface area contributed by atoms with Gasteiger partial charge >= 0.3 is 6.09 Å². The number of pyridine rings is 1. The normalized spacial score (nSPS) is 27.4. The summed E-state index contributed by atoms with van der Waals surface area (Å²) in [6.45, 7) is 5.66. The van der Waals surface area contributed by atoms with Crippen LogP contribution in [0.15, 0.2) is 30.5 Å². The van der Waals surface area contributed by atoms with Crippen LogP contribution in [0.3, 0.4) is 0 Å². The van der Waals surface area contributed by atoms with Crippen molar-refractivity contribution in [2.24, 2.45) is 5.41 Å². The molecule has 4 rings (SSSR count). The summed E-state index contributed by atoms with van der Waals surface area (Å²) in [5.74, 6) is 0.204. The molecule has 2 aliphatic rings. The van der Waals surface area contributed by atoms with Crippen molar-refractivity contribution in [3.8, 4) is 0 Å². The first-order valence-electron chi connectivity index (χ1n) is 10.3. The molecule has 1 heterocycles. The second-order valence-electron chi connectivity index (χ2n) is 9.44. The van der Waals surface area contributed by atoms with Crippen molar-refractivity contribution < 1.29 is 13.9 Å². The van der Waals surface area contributed by atoms with Gasteiger partial charge in [0.2, 0.25) is 0 Å². The molecule has 28 heavy (non-hydrogen) atoms. The summed E-state index contributed by atoms with van der Waals surface area (Å²) in [6.07, 6.45) is 7.98. The Morgan fingerprint density at radius 1 is 1.18 bits per heavy atom. The number of rotatable bonds is 2. The monoisotopic (exact) mass is 384 g/mol. The highest BCUT2D eigenvalue weighted by molar-refractivity contribution is 5.82. The van der Waals surface area contributed by atoms with Crippen LogP contribution in [-0.2, 0) is 4.74 Å². The lowest BCUT2D eigenvalue weighted by molar-refractivity contribution is 0.000810. The van der Waals surface area contributed by atoms with Crippen LogP contribution in [0.25, 0.3) is 10.9 Å². The Labute approximate surface area is 165 Å². The van der Waals surface area contributed by atoms with Gasteiger partial charge in [-0.1, -0.05) is 0 Å². The van der Waals surface area contributed by atoms with Crippen LogP contribution in [0, 0.1) is 11.2 Å². The molecule has 1 amide bonds. The van der Waals surface area contributed by atoms with Gasteiger partial charge in [-0.2, -0.15) is 0 Å². The van der Waals surface area contributed by atoms with Crippen LogP contribution in [0.1, 0.15) is 70.8 Å². The molecule has 2 saturated carbocycles. The van der Waals surface area contributed by atoms with Gasteiger partial charge in [0.25, 0.3) is 0 Å². The summed E-state index contributed by atoms with van der Waals surface area (Å²) in [5, 5.41) is 4.04. The maximum absolute atomic E-state index is 13.8. The Morgan fingerprint density at radius 3 is 2.54 bits per heavy atom. The van der Waals surface area contributed by atoms with E-state index < -0.39 is 5.60 Å². The van der Waals surface area contributed by atoms with Crippen LogP contribution >= 0.6 is 0 Å².